The van der Waals surface area contributed by atoms with E-state index in [0.29, 0.717) is 10.7 Å². The molecule has 0 bridgehead atoms. The van der Waals surface area contributed by atoms with Gasteiger partial charge in [0.1, 0.15) is 0 Å². The van der Waals surface area contributed by atoms with Gasteiger partial charge in [0.2, 0.25) is 10.0 Å². The van der Waals surface area contributed by atoms with Crippen molar-refractivity contribution in [1.82, 2.24) is 14.3 Å². The summed E-state index contributed by atoms with van der Waals surface area (Å²) < 4.78 is 29.0. The lowest BCUT2D eigenvalue weighted by molar-refractivity contribution is 0.0985. The minimum atomic E-state index is -3.58. The smallest absolute Gasteiger partial charge is 0.260 e. The van der Waals surface area contributed by atoms with Gasteiger partial charge in [-0.15, -0.1) is 0 Å². The van der Waals surface area contributed by atoms with Crippen molar-refractivity contribution in [3.8, 4) is 0 Å². The average molecular weight is 557 g/mol. The second-order valence-electron chi connectivity index (χ2n) is 8.14. The Kier molecular flexibility index (Phi) is 6.24. The molecule has 0 atom stereocenters. The zero-order valence-corrected chi connectivity index (χ0v) is 21.5. The summed E-state index contributed by atoms with van der Waals surface area (Å²) in [5.74, 6) is -0.263. The Morgan fingerprint density at radius 2 is 1.91 bits per heavy atom. The van der Waals surface area contributed by atoms with E-state index in [-0.39, 0.29) is 23.4 Å². The van der Waals surface area contributed by atoms with Crippen LogP contribution in [0.1, 0.15) is 28.8 Å². The topological polar surface area (TPSA) is 83.5 Å². The Hall–Kier alpha value is -2.66. The van der Waals surface area contributed by atoms with Crippen molar-refractivity contribution in [1.29, 1.82) is 0 Å². The van der Waals surface area contributed by atoms with E-state index >= 15 is 0 Å². The molecule has 0 spiro atoms. The average Bonchev–Trinajstić information content (AvgIpc) is 3.61. The lowest BCUT2D eigenvalue weighted by Crippen LogP contribution is -2.31. The zero-order chi connectivity index (χ0) is 23.9. The van der Waals surface area contributed by atoms with Gasteiger partial charge in [0, 0.05) is 35.5 Å². The van der Waals surface area contributed by atoms with E-state index in [4.69, 9.17) is 0 Å². The third-order valence-corrected chi connectivity index (χ3v) is 9.18. The summed E-state index contributed by atoms with van der Waals surface area (Å²) in [6.07, 6.45) is 5.17. The first-order valence-corrected chi connectivity index (χ1v) is 13.7. The van der Waals surface area contributed by atoms with E-state index < -0.39 is 10.0 Å². The first-order chi connectivity index (χ1) is 16.3. The van der Waals surface area contributed by atoms with E-state index in [1.807, 2.05) is 30.3 Å². The van der Waals surface area contributed by atoms with Gasteiger partial charge in [0.05, 0.1) is 21.7 Å². The molecule has 10 heteroatoms. The summed E-state index contributed by atoms with van der Waals surface area (Å²) in [5, 5.41) is 0.562. The predicted molar refractivity (Wildman–Crippen MR) is 136 cm³/mol. The molecule has 0 radical (unpaired) electrons. The molecule has 1 aliphatic rings. The number of amides is 1. The predicted octanol–water partition coefficient (Wildman–Crippen LogP) is 5.08. The highest BCUT2D eigenvalue weighted by Crippen LogP contribution is 2.33. The van der Waals surface area contributed by atoms with Crippen molar-refractivity contribution in [3.63, 3.8) is 0 Å². The SMILES string of the molecule is CN(C1CC1)S(=O)(=O)c1ccc(C(=O)N(Cc2cccnc2)c2nc3ccc(Br)cc3s2)cc1. The number of halogens is 1. The number of hydrogen-bond acceptors (Lipinski definition) is 6. The molecular formula is C24H21BrN4O3S2. The van der Waals surface area contributed by atoms with Gasteiger partial charge in [-0.3, -0.25) is 14.7 Å². The lowest BCUT2D eigenvalue weighted by Gasteiger charge is -2.20. The number of rotatable bonds is 7. The van der Waals surface area contributed by atoms with Crippen LogP contribution in [0.5, 0.6) is 0 Å². The Morgan fingerprint density at radius 1 is 1.15 bits per heavy atom. The molecule has 1 fully saturated rings. The molecule has 0 unspecified atom stereocenters. The fraction of sp³-hybridized carbons (Fsp3) is 0.208. The first-order valence-electron chi connectivity index (χ1n) is 10.7. The number of sulfonamides is 1. The number of benzene rings is 2. The van der Waals surface area contributed by atoms with E-state index in [2.05, 4.69) is 25.9 Å². The number of thiazole rings is 1. The Labute approximate surface area is 210 Å². The van der Waals surface area contributed by atoms with Gasteiger partial charge in [0.25, 0.3) is 5.91 Å². The summed E-state index contributed by atoms with van der Waals surface area (Å²) in [5.41, 5.74) is 2.05. The highest BCUT2D eigenvalue weighted by Gasteiger charge is 2.35. The number of anilines is 1. The molecule has 1 saturated carbocycles. The normalized spacial score (nSPS) is 14.0. The van der Waals surface area contributed by atoms with Crippen molar-refractivity contribution < 1.29 is 13.2 Å². The Balaban J connectivity index is 1.48. The van der Waals surface area contributed by atoms with Crippen LogP contribution in [0.3, 0.4) is 0 Å². The van der Waals surface area contributed by atoms with Gasteiger partial charge in [-0.2, -0.15) is 4.31 Å². The Morgan fingerprint density at radius 3 is 2.59 bits per heavy atom. The largest absolute Gasteiger partial charge is 0.279 e. The third-order valence-electron chi connectivity index (χ3n) is 5.72. The summed E-state index contributed by atoms with van der Waals surface area (Å²) in [6.45, 7) is 0.290. The minimum absolute atomic E-state index is 0.0698. The zero-order valence-electron chi connectivity index (χ0n) is 18.3. The molecule has 174 valence electrons. The monoisotopic (exact) mass is 556 g/mol. The molecule has 5 rings (SSSR count). The van der Waals surface area contributed by atoms with Crippen LogP contribution in [0.4, 0.5) is 5.13 Å². The van der Waals surface area contributed by atoms with E-state index in [1.54, 1.807) is 36.5 Å². The maximum atomic E-state index is 13.6. The summed E-state index contributed by atoms with van der Waals surface area (Å²) >= 11 is 4.91. The molecular weight excluding hydrogens is 536 g/mol. The van der Waals surface area contributed by atoms with E-state index in [9.17, 15) is 13.2 Å². The van der Waals surface area contributed by atoms with Crippen LogP contribution in [0.25, 0.3) is 10.2 Å². The maximum Gasteiger partial charge on any atom is 0.260 e. The number of nitrogens with zero attached hydrogens (tertiary/aromatic N) is 4. The molecule has 2 aromatic carbocycles. The van der Waals surface area contributed by atoms with Crippen molar-refractivity contribution in [2.24, 2.45) is 0 Å². The highest BCUT2D eigenvalue weighted by molar-refractivity contribution is 9.10. The van der Waals surface area contributed by atoms with Gasteiger partial charge in [-0.25, -0.2) is 13.4 Å². The van der Waals surface area contributed by atoms with Crippen LogP contribution in [0, 0.1) is 0 Å². The van der Waals surface area contributed by atoms with Crippen molar-refractivity contribution in [2.75, 3.05) is 11.9 Å². The number of carbonyl (C=O) groups is 1. The molecule has 7 nitrogen and oxygen atoms in total. The summed E-state index contributed by atoms with van der Waals surface area (Å²) in [6, 6.07) is 15.7. The molecule has 2 aromatic heterocycles. The number of pyridine rings is 1. The second kappa shape index (κ2) is 9.18. The molecule has 1 amide bonds. The van der Waals surface area contributed by atoms with Gasteiger partial charge < -0.3 is 0 Å². The molecule has 4 aromatic rings. The molecule has 0 aliphatic heterocycles. The molecule has 0 saturated heterocycles. The standard InChI is InChI=1S/C24H21BrN4O3S2/c1-28(19-7-8-19)34(31,32)20-9-4-17(5-10-20)23(30)29(15-16-3-2-12-26-14-16)24-27-21-11-6-18(25)13-22(21)33-24/h2-6,9-14,19H,7-8,15H2,1H3. The quantitative estimate of drug-likeness (QED) is 0.317. The molecule has 0 N–H and O–H groups in total. The third kappa shape index (κ3) is 4.63. The minimum Gasteiger partial charge on any atom is -0.279 e. The first kappa shape index (κ1) is 23.1. The lowest BCUT2D eigenvalue weighted by atomic mass is 10.2. The number of aromatic nitrogens is 2. The fourth-order valence-electron chi connectivity index (χ4n) is 3.63. The van der Waals surface area contributed by atoms with Crippen molar-refractivity contribution >= 4 is 58.5 Å². The summed E-state index contributed by atoms with van der Waals surface area (Å²) in [7, 11) is -1.97. The van der Waals surface area contributed by atoms with Gasteiger partial charge in [0.15, 0.2) is 5.13 Å². The van der Waals surface area contributed by atoms with Crippen LogP contribution in [0.2, 0.25) is 0 Å². The van der Waals surface area contributed by atoms with Crippen LogP contribution in [-0.4, -0.2) is 41.7 Å². The highest BCUT2D eigenvalue weighted by atomic mass is 79.9. The fourth-order valence-corrected chi connectivity index (χ4v) is 6.56. The van der Waals surface area contributed by atoms with E-state index in [0.717, 1.165) is 33.1 Å². The van der Waals surface area contributed by atoms with Crippen LogP contribution < -0.4 is 4.90 Å². The molecule has 1 aliphatic carbocycles. The number of carbonyl (C=O) groups excluding carboxylic acids is 1. The van der Waals surface area contributed by atoms with Gasteiger partial charge >= 0.3 is 0 Å². The van der Waals surface area contributed by atoms with Gasteiger partial charge in [-0.1, -0.05) is 33.3 Å². The van der Waals surface area contributed by atoms with Crippen molar-refractivity contribution in [3.05, 3.63) is 82.6 Å². The second-order valence-corrected chi connectivity index (χ2v) is 12.1. The number of hydrogen-bond donors (Lipinski definition) is 0. The summed E-state index contributed by atoms with van der Waals surface area (Å²) in [4.78, 5) is 24.2. The van der Waals surface area contributed by atoms with Crippen LogP contribution >= 0.6 is 27.3 Å². The van der Waals surface area contributed by atoms with Crippen LogP contribution in [0.15, 0.2) is 76.4 Å². The van der Waals surface area contributed by atoms with E-state index in [1.165, 1.54) is 27.8 Å². The van der Waals surface area contributed by atoms with Gasteiger partial charge in [-0.05, 0) is 66.9 Å². The van der Waals surface area contributed by atoms with Crippen LogP contribution in [-0.2, 0) is 16.6 Å². The number of fused-ring (bicyclic) bond motifs is 1. The van der Waals surface area contributed by atoms with Crippen molar-refractivity contribution in [2.45, 2.75) is 30.3 Å². The molecule has 2 heterocycles. The Bertz CT molecular complexity index is 1450. The molecule has 34 heavy (non-hydrogen) atoms. The maximum absolute atomic E-state index is 13.6.